The highest BCUT2D eigenvalue weighted by atomic mass is 16.5. The Morgan fingerprint density at radius 3 is 2.68 bits per heavy atom. The smallest absolute Gasteiger partial charge is 0.0825 e. The molecule has 3 fully saturated rings. The number of likely N-dealkylation sites (tertiary alicyclic amines) is 1. The fraction of sp³-hybridized carbons (Fsp3) is 0.750. The van der Waals surface area contributed by atoms with Gasteiger partial charge in [0.1, 0.15) is 0 Å². The second-order valence-electron chi connectivity index (χ2n) is 8.24. The average Bonchev–Trinajstić information content (AvgIpc) is 3.00. The topological polar surface area (TPSA) is 31.8 Å². The molecule has 2 atom stereocenters. The Bertz CT molecular complexity index is 546. The highest BCUT2D eigenvalue weighted by Gasteiger charge is 2.43. The van der Waals surface area contributed by atoms with Crippen LogP contribution in [0.25, 0.3) is 0 Å². The molecule has 138 valence electrons. The number of aromatic nitrogens is 1. The van der Waals surface area contributed by atoms with Crippen LogP contribution in [-0.4, -0.2) is 84.2 Å². The van der Waals surface area contributed by atoms with Gasteiger partial charge < -0.3 is 9.64 Å². The molecule has 3 aliphatic rings. The summed E-state index contributed by atoms with van der Waals surface area (Å²) in [5.74, 6) is 0. The van der Waals surface area contributed by atoms with Crippen LogP contribution in [0.15, 0.2) is 24.5 Å². The molecule has 5 nitrogen and oxygen atoms in total. The van der Waals surface area contributed by atoms with Crippen molar-refractivity contribution in [3.05, 3.63) is 30.1 Å². The Morgan fingerprint density at radius 2 is 1.88 bits per heavy atom. The van der Waals surface area contributed by atoms with Crippen molar-refractivity contribution in [3.63, 3.8) is 0 Å². The first-order valence-electron chi connectivity index (χ1n) is 9.91. The van der Waals surface area contributed by atoms with Crippen LogP contribution in [-0.2, 0) is 11.3 Å². The molecule has 1 spiro atoms. The summed E-state index contributed by atoms with van der Waals surface area (Å²) in [7, 11) is 2.22. The van der Waals surface area contributed by atoms with Crippen LogP contribution in [0.3, 0.4) is 0 Å². The van der Waals surface area contributed by atoms with Crippen molar-refractivity contribution in [2.75, 3.05) is 52.9 Å². The van der Waals surface area contributed by atoms with E-state index in [0.29, 0.717) is 6.10 Å². The zero-order chi connectivity index (χ0) is 17.1. The Labute approximate surface area is 152 Å². The number of nitrogens with zero attached hydrogens (tertiary/aromatic N) is 4. The second-order valence-corrected chi connectivity index (χ2v) is 8.24. The fourth-order valence-corrected chi connectivity index (χ4v) is 4.68. The number of ether oxygens (including phenoxy) is 1. The van der Waals surface area contributed by atoms with Gasteiger partial charge in [-0.15, -0.1) is 0 Å². The molecule has 0 amide bonds. The summed E-state index contributed by atoms with van der Waals surface area (Å²) in [6.07, 6.45) is 9.20. The maximum Gasteiger partial charge on any atom is 0.0825 e. The van der Waals surface area contributed by atoms with E-state index in [0.717, 1.165) is 26.2 Å². The number of hydrogen-bond donors (Lipinski definition) is 0. The third kappa shape index (κ3) is 4.40. The Morgan fingerprint density at radius 1 is 1.08 bits per heavy atom. The van der Waals surface area contributed by atoms with Gasteiger partial charge in [-0.05, 0) is 50.4 Å². The molecule has 0 unspecified atom stereocenters. The summed E-state index contributed by atoms with van der Waals surface area (Å²) in [4.78, 5) is 11.7. The lowest BCUT2D eigenvalue weighted by Crippen LogP contribution is -2.51. The van der Waals surface area contributed by atoms with Crippen LogP contribution in [0.1, 0.15) is 31.2 Å². The quantitative estimate of drug-likeness (QED) is 0.832. The molecule has 0 N–H and O–H groups in total. The van der Waals surface area contributed by atoms with Crippen LogP contribution < -0.4 is 0 Å². The molecule has 0 aliphatic carbocycles. The minimum atomic E-state index is 0.114. The van der Waals surface area contributed by atoms with E-state index >= 15 is 0 Å². The van der Waals surface area contributed by atoms with Gasteiger partial charge in [0.2, 0.25) is 0 Å². The van der Waals surface area contributed by atoms with E-state index in [1.807, 2.05) is 12.4 Å². The van der Waals surface area contributed by atoms with Gasteiger partial charge >= 0.3 is 0 Å². The molecular weight excluding hydrogens is 312 g/mol. The van der Waals surface area contributed by atoms with Crippen LogP contribution in [0.4, 0.5) is 0 Å². The lowest BCUT2D eigenvalue weighted by molar-refractivity contribution is -0.130. The van der Waals surface area contributed by atoms with Gasteiger partial charge in [0.25, 0.3) is 0 Å². The van der Waals surface area contributed by atoms with Crippen LogP contribution in [0.5, 0.6) is 0 Å². The van der Waals surface area contributed by atoms with Crippen LogP contribution in [0.2, 0.25) is 0 Å². The van der Waals surface area contributed by atoms with E-state index in [-0.39, 0.29) is 5.60 Å². The van der Waals surface area contributed by atoms with Crippen molar-refractivity contribution in [2.45, 2.75) is 43.9 Å². The number of hydrogen-bond acceptors (Lipinski definition) is 5. The monoisotopic (exact) mass is 344 g/mol. The van der Waals surface area contributed by atoms with E-state index in [4.69, 9.17) is 4.74 Å². The molecular formula is C20H32N4O. The minimum Gasteiger partial charge on any atom is -0.369 e. The first-order chi connectivity index (χ1) is 12.2. The molecule has 0 radical (unpaired) electrons. The van der Waals surface area contributed by atoms with Crippen molar-refractivity contribution in [2.24, 2.45) is 0 Å². The Balaban J connectivity index is 1.30. The van der Waals surface area contributed by atoms with Gasteiger partial charge in [-0.1, -0.05) is 0 Å². The predicted octanol–water partition coefficient (Wildman–Crippen LogP) is 1.84. The van der Waals surface area contributed by atoms with Crippen molar-refractivity contribution in [1.29, 1.82) is 0 Å². The van der Waals surface area contributed by atoms with E-state index in [1.54, 1.807) is 0 Å². The zero-order valence-corrected chi connectivity index (χ0v) is 15.6. The van der Waals surface area contributed by atoms with E-state index in [1.165, 1.54) is 57.4 Å². The summed E-state index contributed by atoms with van der Waals surface area (Å²) in [6.45, 7) is 9.17. The zero-order valence-electron chi connectivity index (χ0n) is 15.6. The molecule has 3 aliphatic heterocycles. The van der Waals surface area contributed by atoms with E-state index in [9.17, 15) is 0 Å². The Kier molecular flexibility index (Phi) is 5.36. The van der Waals surface area contributed by atoms with Crippen molar-refractivity contribution >= 4 is 0 Å². The molecule has 1 aromatic rings. The third-order valence-corrected chi connectivity index (χ3v) is 6.18. The molecule has 5 heteroatoms. The summed E-state index contributed by atoms with van der Waals surface area (Å²) >= 11 is 0. The van der Waals surface area contributed by atoms with E-state index in [2.05, 4.69) is 38.9 Å². The molecule has 0 bridgehead atoms. The standard InChI is InChI=1S/C20H32N4O/c1-22-11-13-23(14-12-22)16-19-3-2-6-20(25-19)7-10-24(17-20)15-18-4-8-21-9-5-18/h4-5,8-9,19H,2-3,6-7,10-17H2,1H3/t19-,20-/m1/s1. The molecule has 4 rings (SSSR count). The fourth-order valence-electron chi connectivity index (χ4n) is 4.68. The maximum atomic E-state index is 6.72. The normalized spacial score (nSPS) is 32.4. The van der Waals surface area contributed by atoms with Gasteiger partial charge in [0.05, 0.1) is 11.7 Å². The first kappa shape index (κ1) is 17.4. The van der Waals surface area contributed by atoms with E-state index < -0.39 is 0 Å². The molecule has 0 saturated carbocycles. The summed E-state index contributed by atoms with van der Waals surface area (Å²) in [5.41, 5.74) is 1.47. The second kappa shape index (κ2) is 7.70. The third-order valence-electron chi connectivity index (χ3n) is 6.18. The summed E-state index contributed by atoms with van der Waals surface area (Å²) in [6, 6.07) is 4.26. The van der Waals surface area contributed by atoms with Gasteiger partial charge in [-0.3, -0.25) is 14.8 Å². The van der Waals surface area contributed by atoms with Crippen molar-refractivity contribution in [1.82, 2.24) is 19.7 Å². The van der Waals surface area contributed by atoms with Gasteiger partial charge in [-0.25, -0.2) is 0 Å². The van der Waals surface area contributed by atoms with Gasteiger partial charge in [0, 0.05) is 64.8 Å². The molecule has 1 aromatic heterocycles. The largest absolute Gasteiger partial charge is 0.369 e. The SMILES string of the molecule is CN1CCN(C[C@H]2CCC[C@]3(CCN(Cc4ccncc4)C3)O2)CC1. The number of piperazine rings is 1. The minimum absolute atomic E-state index is 0.114. The summed E-state index contributed by atoms with van der Waals surface area (Å²) in [5, 5.41) is 0. The average molecular weight is 345 g/mol. The molecule has 25 heavy (non-hydrogen) atoms. The highest BCUT2D eigenvalue weighted by molar-refractivity contribution is 5.10. The van der Waals surface area contributed by atoms with Crippen LogP contribution >= 0.6 is 0 Å². The van der Waals surface area contributed by atoms with Crippen molar-refractivity contribution in [3.8, 4) is 0 Å². The Hall–Kier alpha value is -1.01. The lowest BCUT2D eigenvalue weighted by Gasteiger charge is -2.42. The number of pyridine rings is 1. The molecule has 0 aromatic carbocycles. The van der Waals surface area contributed by atoms with Gasteiger partial charge in [-0.2, -0.15) is 0 Å². The first-order valence-corrected chi connectivity index (χ1v) is 9.91. The lowest BCUT2D eigenvalue weighted by atomic mass is 9.90. The summed E-state index contributed by atoms with van der Waals surface area (Å²) < 4.78 is 6.72. The maximum absolute atomic E-state index is 6.72. The molecule has 3 saturated heterocycles. The predicted molar refractivity (Wildman–Crippen MR) is 99.5 cm³/mol. The number of rotatable bonds is 4. The van der Waals surface area contributed by atoms with Crippen LogP contribution in [0, 0.1) is 0 Å². The molecule has 4 heterocycles. The van der Waals surface area contributed by atoms with Crippen molar-refractivity contribution < 1.29 is 4.74 Å². The highest BCUT2D eigenvalue weighted by Crippen LogP contribution is 2.37. The van der Waals surface area contributed by atoms with Gasteiger partial charge in [0.15, 0.2) is 0 Å². The number of likely N-dealkylation sites (N-methyl/N-ethyl adjacent to an activating group) is 1.